The molecule has 0 aliphatic rings. The van der Waals surface area contributed by atoms with Crippen molar-refractivity contribution in [3.05, 3.63) is 10.0 Å². The van der Waals surface area contributed by atoms with Gasteiger partial charge in [-0.15, -0.1) is 21.5 Å². The van der Waals surface area contributed by atoms with Crippen molar-refractivity contribution in [2.75, 3.05) is 20.6 Å². The van der Waals surface area contributed by atoms with Gasteiger partial charge >= 0.3 is 0 Å². The van der Waals surface area contributed by atoms with Gasteiger partial charge in [-0.05, 0) is 19.5 Å². The zero-order valence-corrected chi connectivity index (χ0v) is 9.49. The first kappa shape index (κ1) is 10.7. The molecule has 0 spiro atoms. The average molecular weight is 215 g/mol. The van der Waals surface area contributed by atoms with Gasteiger partial charge in [-0.3, -0.25) is 0 Å². The Morgan fingerprint density at radius 2 is 2.08 bits per heavy atom. The SMILES string of the molecule is CN(C)CCc1nnc(CC=S)s1. The predicted octanol–water partition coefficient (Wildman–Crippen LogP) is 1.18. The van der Waals surface area contributed by atoms with Crippen molar-refractivity contribution in [3.8, 4) is 0 Å². The first-order chi connectivity index (χ1) is 6.22. The van der Waals surface area contributed by atoms with E-state index in [1.807, 2.05) is 0 Å². The van der Waals surface area contributed by atoms with Gasteiger partial charge in [0.1, 0.15) is 10.0 Å². The van der Waals surface area contributed by atoms with Gasteiger partial charge in [0.05, 0.1) is 0 Å². The van der Waals surface area contributed by atoms with Crippen LogP contribution >= 0.6 is 23.6 Å². The fourth-order valence-electron chi connectivity index (χ4n) is 0.862. The number of thiocarbonyl (C=S) groups is 1. The molecule has 1 aromatic rings. The quantitative estimate of drug-likeness (QED) is 0.690. The summed E-state index contributed by atoms with van der Waals surface area (Å²) < 4.78 is 0. The van der Waals surface area contributed by atoms with Crippen molar-refractivity contribution in [2.24, 2.45) is 0 Å². The first-order valence-corrected chi connectivity index (χ1v) is 5.41. The second-order valence-corrected chi connectivity index (χ2v) is 4.49. The highest BCUT2D eigenvalue weighted by atomic mass is 32.1. The normalized spacial score (nSPS) is 10.7. The maximum absolute atomic E-state index is 4.76. The average Bonchev–Trinajstić information content (AvgIpc) is 2.50. The zero-order valence-electron chi connectivity index (χ0n) is 7.86. The van der Waals surface area contributed by atoms with Gasteiger partial charge in [0.15, 0.2) is 0 Å². The number of nitrogens with zero attached hydrogens (tertiary/aromatic N) is 3. The molecule has 1 rings (SSSR count). The Bertz CT molecular complexity index is 270. The van der Waals surface area contributed by atoms with Crippen molar-refractivity contribution in [3.63, 3.8) is 0 Å². The molecule has 13 heavy (non-hydrogen) atoms. The molecular formula is C8H13N3S2. The Balaban J connectivity index is 2.44. The van der Waals surface area contributed by atoms with Crippen molar-refractivity contribution in [1.82, 2.24) is 15.1 Å². The molecule has 0 bridgehead atoms. The van der Waals surface area contributed by atoms with Crippen molar-refractivity contribution >= 4 is 28.9 Å². The molecule has 0 amide bonds. The van der Waals surface area contributed by atoms with Crippen molar-refractivity contribution < 1.29 is 0 Å². The molecule has 0 aliphatic carbocycles. The van der Waals surface area contributed by atoms with E-state index in [0.29, 0.717) is 0 Å². The van der Waals surface area contributed by atoms with Crippen LogP contribution in [0.2, 0.25) is 0 Å². The fraction of sp³-hybridized carbons (Fsp3) is 0.625. The molecule has 3 nitrogen and oxygen atoms in total. The van der Waals surface area contributed by atoms with Crippen LogP contribution in [0, 0.1) is 0 Å². The first-order valence-electron chi connectivity index (χ1n) is 4.12. The Hall–Kier alpha value is -0.390. The number of aromatic nitrogens is 2. The minimum absolute atomic E-state index is 0.759. The number of hydrogen-bond donors (Lipinski definition) is 0. The summed E-state index contributed by atoms with van der Waals surface area (Å²) in [5.74, 6) is 0. The van der Waals surface area contributed by atoms with Crippen molar-refractivity contribution in [1.29, 1.82) is 0 Å². The van der Waals surface area contributed by atoms with Crippen molar-refractivity contribution in [2.45, 2.75) is 12.8 Å². The highest BCUT2D eigenvalue weighted by molar-refractivity contribution is 7.79. The lowest BCUT2D eigenvalue weighted by Crippen LogP contribution is -2.14. The minimum atomic E-state index is 0.759. The van der Waals surface area contributed by atoms with Crippen LogP contribution in [-0.4, -0.2) is 41.1 Å². The van der Waals surface area contributed by atoms with Gasteiger partial charge in [0.25, 0.3) is 0 Å². The highest BCUT2D eigenvalue weighted by Gasteiger charge is 2.02. The van der Waals surface area contributed by atoms with E-state index in [1.165, 1.54) is 0 Å². The smallest absolute Gasteiger partial charge is 0.122 e. The third kappa shape index (κ3) is 3.89. The predicted molar refractivity (Wildman–Crippen MR) is 59.5 cm³/mol. The minimum Gasteiger partial charge on any atom is -0.309 e. The molecule has 0 saturated carbocycles. The lowest BCUT2D eigenvalue weighted by atomic mass is 10.4. The molecule has 0 atom stereocenters. The number of hydrogen-bond acceptors (Lipinski definition) is 5. The van der Waals surface area contributed by atoms with E-state index >= 15 is 0 Å². The van der Waals surface area contributed by atoms with Crippen LogP contribution in [0.1, 0.15) is 10.0 Å². The molecule has 0 saturated heterocycles. The van der Waals surface area contributed by atoms with Crippen LogP contribution in [0.3, 0.4) is 0 Å². The summed E-state index contributed by atoms with van der Waals surface area (Å²) in [4.78, 5) is 2.14. The van der Waals surface area contributed by atoms with Crippen LogP contribution in [0.4, 0.5) is 0 Å². The van der Waals surface area contributed by atoms with Gasteiger partial charge in [0, 0.05) is 19.4 Å². The van der Waals surface area contributed by atoms with E-state index in [2.05, 4.69) is 29.2 Å². The topological polar surface area (TPSA) is 29.0 Å². The summed E-state index contributed by atoms with van der Waals surface area (Å²) in [6.07, 6.45) is 1.73. The largest absolute Gasteiger partial charge is 0.309 e. The molecule has 1 aromatic heterocycles. The Labute approximate surface area is 87.8 Å². The van der Waals surface area contributed by atoms with Crippen LogP contribution < -0.4 is 0 Å². The van der Waals surface area contributed by atoms with Gasteiger partial charge in [-0.2, -0.15) is 0 Å². The second-order valence-electron chi connectivity index (χ2n) is 3.01. The summed E-state index contributed by atoms with van der Waals surface area (Å²) in [5.41, 5.74) is 0. The van der Waals surface area contributed by atoms with E-state index in [0.717, 1.165) is 29.4 Å². The third-order valence-electron chi connectivity index (χ3n) is 1.54. The summed E-state index contributed by atoms with van der Waals surface area (Å²) in [6.45, 7) is 1.02. The fourth-order valence-corrected chi connectivity index (χ4v) is 1.92. The molecule has 0 aliphatic heterocycles. The van der Waals surface area contributed by atoms with Gasteiger partial charge in [-0.25, -0.2) is 0 Å². The monoisotopic (exact) mass is 215 g/mol. The zero-order chi connectivity index (χ0) is 9.68. The Kier molecular flexibility index (Phi) is 4.41. The van der Waals surface area contributed by atoms with E-state index in [1.54, 1.807) is 16.7 Å². The Morgan fingerprint density at radius 1 is 1.38 bits per heavy atom. The summed E-state index contributed by atoms with van der Waals surface area (Å²) >= 11 is 6.41. The van der Waals surface area contributed by atoms with Crippen LogP contribution in [0.25, 0.3) is 0 Å². The third-order valence-corrected chi connectivity index (χ3v) is 2.71. The van der Waals surface area contributed by atoms with Gasteiger partial charge < -0.3 is 4.90 Å². The van der Waals surface area contributed by atoms with Crippen LogP contribution in [-0.2, 0) is 12.8 Å². The molecular weight excluding hydrogens is 202 g/mol. The highest BCUT2D eigenvalue weighted by Crippen LogP contribution is 2.10. The second kappa shape index (κ2) is 5.36. The standard InChI is InChI=1S/C8H13N3S2/c1-11(2)5-3-7-9-10-8(13-7)4-6-12/h6H,3-5H2,1-2H3. The van der Waals surface area contributed by atoms with E-state index in [-0.39, 0.29) is 0 Å². The number of rotatable bonds is 5. The molecule has 0 N–H and O–H groups in total. The van der Waals surface area contributed by atoms with E-state index in [4.69, 9.17) is 12.2 Å². The molecule has 5 heteroatoms. The summed E-state index contributed by atoms with van der Waals surface area (Å²) in [5, 5.41) is 11.9. The molecule has 0 fully saturated rings. The molecule has 1 heterocycles. The van der Waals surface area contributed by atoms with Gasteiger partial charge in [0.2, 0.25) is 0 Å². The van der Waals surface area contributed by atoms with E-state index in [9.17, 15) is 0 Å². The Morgan fingerprint density at radius 3 is 2.69 bits per heavy atom. The summed E-state index contributed by atoms with van der Waals surface area (Å²) in [6, 6.07) is 0. The lowest BCUT2D eigenvalue weighted by Gasteiger charge is -2.05. The van der Waals surface area contributed by atoms with Crippen LogP contribution in [0.5, 0.6) is 0 Å². The summed E-state index contributed by atoms with van der Waals surface area (Å²) in [7, 11) is 4.11. The maximum atomic E-state index is 4.76. The van der Waals surface area contributed by atoms with E-state index < -0.39 is 0 Å². The maximum Gasteiger partial charge on any atom is 0.122 e. The lowest BCUT2D eigenvalue weighted by molar-refractivity contribution is 0.413. The number of likely N-dealkylation sites (N-methyl/N-ethyl adjacent to an activating group) is 1. The molecule has 72 valence electrons. The molecule has 0 radical (unpaired) electrons. The van der Waals surface area contributed by atoms with Gasteiger partial charge in [-0.1, -0.05) is 12.2 Å². The molecule has 0 aromatic carbocycles. The van der Waals surface area contributed by atoms with Crippen LogP contribution in [0.15, 0.2) is 0 Å². The molecule has 0 unspecified atom stereocenters.